The number of fused-ring (bicyclic) bond motifs is 12. The first kappa shape index (κ1) is 30.7. The second-order valence-corrected chi connectivity index (χ2v) is 15.3. The van der Waals surface area contributed by atoms with Gasteiger partial charge in [-0.3, -0.25) is 0 Å². The standard InChI is InChI=1S/C54H33N3/c1-5-15-34(16-6-1)36-25-27-48-42(29-36)45-30-37(35-17-7-2-8-18-35)31-46-44-32-43-40-26-28-49(55(38-19-9-3-10-20-38)39-21-11-4-12-22-39)52-41-23-13-14-24-47(41)57(54(40)52)50(43)33-51(44)56(48)53(45)46/h1-33H. The molecule has 0 saturated heterocycles. The third-order valence-corrected chi connectivity index (χ3v) is 12.3. The van der Waals surface area contributed by atoms with E-state index in [1.54, 1.807) is 0 Å². The zero-order chi connectivity index (χ0) is 37.2. The van der Waals surface area contributed by atoms with Crippen LogP contribution in [0, 0.1) is 0 Å². The molecule has 0 bridgehead atoms. The summed E-state index contributed by atoms with van der Waals surface area (Å²) in [4.78, 5) is 2.41. The van der Waals surface area contributed by atoms with Crippen LogP contribution in [-0.4, -0.2) is 8.80 Å². The molecule has 0 unspecified atom stereocenters. The molecular formula is C54H33N3. The Morgan fingerprint density at radius 1 is 0.281 bits per heavy atom. The van der Waals surface area contributed by atoms with Crippen molar-refractivity contribution >= 4 is 93.3 Å². The Hall–Kier alpha value is -7.62. The lowest BCUT2D eigenvalue weighted by Crippen LogP contribution is -2.10. The number of hydrogen-bond acceptors (Lipinski definition) is 1. The predicted molar refractivity (Wildman–Crippen MR) is 241 cm³/mol. The molecule has 0 aliphatic heterocycles. The van der Waals surface area contributed by atoms with Crippen LogP contribution in [0.2, 0.25) is 0 Å². The Morgan fingerprint density at radius 2 is 0.789 bits per heavy atom. The Morgan fingerprint density at radius 3 is 1.46 bits per heavy atom. The van der Waals surface area contributed by atoms with Crippen molar-refractivity contribution in [1.29, 1.82) is 0 Å². The number of rotatable bonds is 5. The van der Waals surface area contributed by atoms with Crippen LogP contribution in [0.5, 0.6) is 0 Å². The molecule has 13 rings (SSSR count). The molecule has 4 heterocycles. The largest absolute Gasteiger partial charge is 0.310 e. The molecule has 0 atom stereocenters. The van der Waals surface area contributed by atoms with Crippen molar-refractivity contribution in [2.45, 2.75) is 0 Å². The summed E-state index contributed by atoms with van der Waals surface area (Å²) in [6.45, 7) is 0. The van der Waals surface area contributed by atoms with Crippen LogP contribution in [0.4, 0.5) is 17.1 Å². The van der Waals surface area contributed by atoms with Crippen LogP contribution >= 0.6 is 0 Å². The summed E-state index contributed by atoms with van der Waals surface area (Å²) >= 11 is 0. The smallest absolute Gasteiger partial charge is 0.0641 e. The van der Waals surface area contributed by atoms with Gasteiger partial charge < -0.3 is 13.7 Å². The van der Waals surface area contributed by atoms with Crippen molar-refractivity contribution in [3.8, 4) is 22.3 Å². The molecule has 264 valence electrons. The highest BCUT2D eigenvalue weighted by molar-refractivity contribution is 6.31. The Labute approximate surface area is 328 Å². The van der Waals surface area contributed by atoms with Gasteiger partial charge in [-0.2, -0.15) is 0 Å². The maximum atomic E-state index is 2.53. The second kappa shape index (κ2) is 11.5. The molecule has 0 amide bonds. The first-order valence-electron chi connectivity index (χ1n) is 19.7. The fraction of sp³-hybridized carbons (Fsp3) is 0. The van der Waals surface area contributed by atoms with E-state index in [1.165, 1.54) is 104 Å². The van der Waals surface area contributed by atoms with Gasteiger partial charge in [0.25, 0.3) is 0 Å². The van der Waals surface area contributed by atoms with Gasteiger partial charge in [-0.15, -0.1) is 0 Å². The van der Waals surface area contributed by atoms with E-state index in [-0.39, 0.29) is 0 Å². The van der Waals surface area contributed by atoms with Gasteiger partial charge in [0, 0.05) is 54.5 Å². The lowest BCUT2D eigenvalue weighted by Gasteiger charge is -2.26. The summed E-state index contributed by atoms with van der Waals surface area (Å²) in [6, 6.07) is 73.5. The van der Waals surface area contributed by atoms with E-state index < -0.39 is 0 Å². The lowest BCUT2D eigenvalue weighted by molar-refractivity contribution is 1.30. The minimum atomic E-state index is 1.13. The zero-order valence-electron chi connectivity index (χ0n) is 30.9. The molecule has 3 heteroatoms. The van der Waals surface area contributed by atoms with Crippen molar-refractivity contribution < 1.29 is 0 Å². The van der Waals surface area contributed by atoms with Crippen LogP contribution in [0.15, 0.2) is 200 Å². The van der Waals surface area contributed by atoms with Crippen molar-refractivity contribution in [3.05, 3.63) is 200 Å². The maximum Gasteiger partial charge on any atom is 0.0641 e. The molecule has 0 radical (unpaired) electrons. The Kier molecular flexibility index (Phi) is 6.16. The number of benzene rings is 9. The van der Waals surface area contributed by atoms with Gasteiger partial charge in [0.05, 0.1) is 38.8 Å². The molecule has 0 spiro atoms. The maximum absolute atomic E-state index is 2.53. The third kappa shape index (κ3) is 4.20. The molecular weight excluding hydrogens is 691 g/mol. The van der Waals surface area contributed by atoms with Gasteiger partial charge in [0.15, 0.2) is 0 Å². The van der Waals surface area contributed by atoms with Crippen LogP contribution in [-0.2, 0) is 0 Å². The summed E-state index contributed by atoms with van der Waals surface area (Å²) in [5.74, 6) is 0. The average Bonchev–Trinajstić information content (AvgIpc) is 4.00. The summed E-state index contributed by atoms with van der Waals surface area (Å²) in [6.07, 6.45) is 0. The van der Waals surface area contributed by atoms with Gasteiger partial charge in [-0.1, -0.05) is 127 Å². The summed E-state index contributed by atoms with van der Waals surface area (Å²) < 4.78 is 5.06. The first-order chi connectivity index (χ1) is 28.3. The minimum absolute atomic E-state index is 1.13. The molecule has 57 heavy (non-hydrogen) atoms. The van der Waals surface area contributed by atoms with Crippen molar-refractivity contribution in [2.24, 2.45) is 0 Å². The number of anilines is 3. The van der Waals surface area contributed by atoms with Crippen LogP contribution in [0.25, 0.3) is 98.4 Å². The molecule has 0 aliphatic rings. The fourth-order valence-corrected chi connectivity index (χ4v) is 9.90. The first-order valence-corrected chi connectivity index (χ1v) is 19.7. The number of para-hydroxylation sites is 3. The second-order valence-electron chi connectivity index (χ2n) is 15.3. The Bertz CT molecular complexity index is 3620. The minimum Gasteiger partial charge on any atom is -0.310 e. The SMILES string of the molecule is c1ccc(-c2ccc3c(c2)c2cc(-c4ccccc4)cc4c5cc6c7ccc(N(c8ccccc8)c8ccccc8)c8c9ccccc9n(c6cc5n3c24)c78)cc1. The van der Waals surface area contributed by atoms with Crippen LogP contribution in [0.3, 0.4) is 0 Å². The van der Waals surface area contributed by atoms with Crippen LogP contribution < -0.4 is 4.90 Å². The van der Waals surface area contributed by atoms with Gasteiger partial charge in [0.1, 0.15) is 0 Å². The van der Waals surface area contributed by atoms with Gasteiger partial charge in [-0.25, -0.2) is 0 Å². The number of aromatic nitrogens is 2. The van der Waals surface area contributed by atoms with E-state index in [1.807, 2.05) is 0 Å². The van der Waals surface area contributed by atoms with Crippen LogP contribution in [0.1, 0.15) is 0 Å². The lowest BCUT2D eigenvalue weighted by atomic mass is 9.97. The highest BCUT2D eigenvalue weighted by atomic mass is 15.1. The van der Waals surface area contributed by atoms with E-state index in [4.69, 9.17) is 0 Å². The summed E-state index contributed by atoms with van der Waals surface area (Å²) in [7, 11) is 0. The average molecular weight is 724 g/mol. The Balaban J connectivity index is 1.16. The molecule has 4 aromatic heterocycles. The van der Waals surface area contributed by atoms with Crippen molar-refractivity contribution in [3.63, 3.8) is 0 Å². The van der Waals surface area contributed by atoms with E-state index in [0.29, 0.717) is 0 Å². The fourth-order valence-electron chi connectivity index (χ4n) is 9.90. The molecule has 0 fully saturated rings. The van der Waals surface area contributed by atoms with Gasteiger partial charge in [-0.05, 0) is 95.1 Å². The molecule has 9 aromatic carbocycles. The zero-order valence-corrected chi connectivity index (χ0v) is 30.9. The monoisotopic (exact) mass is 723 g/mol. The third-order valence-electron chi connectivity index (χ3n) is 12.3. The molecule has 3 nitrogen and oxygen atoms in total. The summed E-state index contributed by atoms with van der Waals surface area (Å²) in [5, 5.41) is 10.2. The molecule has 0 aliphatic carbocycles. The van der Waals surface area contributed by atoms with E-state index in [0.717, 1.165) is 11.4 Å². The van der Waals surface area contributed by atoms with Crippen molar-refractivity contribution in [1.82, 2.24) is 8.80 Å². The number of hydrogen-bond donors (Lipinski definition) is 0. The number of nitrogens with zero attached hydrogens (tertiary/aromatic N) is 3. The molecule has 13 aromatic rings. The quantitative estimate of drug-likeness (QED) is 0.172. The normalized spacial score (nSPS) is 12.2. The van der Waals surface area contributed by atoms with E-state index in [9.17, 15) is 0 Å². The van der Waals surface area contributed by atoms with Gasteiger partial charge >= 0.3 is 0 Å². The predicted octanol–water partition coefficient (Wildman–Crippen LogP) is 14.8. The molecule has 0 N–H and O–H groups in total. The summed E-state index contributed by atoms with van der Waals surface area (Å²) in [5.41, 5.74) is 15.8. The van der Waals surface area contributed by atoms with Gasteiger partial charge in [0.2, 0.25) is 0 Å². The highest BCUT2D eigenvalue weighted by Gasteiger charge is 2.26. The van der Waals surface area contributed by atoms with E-state index >= 15 is 0 Å². The van der Waals surface area contributed by atoms with Crippen molar-refractivity contribution in [2.75, 3.05) is 4.90 Å². The topological polar surface area (TPSA) is 12.1 Å². The van der Waals surface area contributed by atoms with E-state index in [2.05, 4.69) is 214 Å². The highest BCUT2D eigenvalue weighted by Crippen LogP contribution is 2.49. The molecule has 0 saturated carbocycles.